The number of amides is 1. The zero-order chi connectivity index (χ0) is 21.0. The predicted molar refractivity (Wildman–Crippen MR) is 119 cm³/mol. The fourth-order valence-corrected chi connectivity index (χ4v) is 3.95. The van der Waals surface area contributed by atoms with Gasteiger partial charge in [0, 0.05) is 23.4 Å². The number of carbonyl (C=O) groups is 1. The Morgan fingerprint density at radius 2 is 1.72 bits per heavy atom. The van der Waals surface area contributed by atoms with Gasteiger partial charge in [0.2, 0.25) is 5.91 Å². The Bertz CT molecular complexity index is 1060. The van der Waals surface area contributed by atoms with Gasteiger partial charge in [-0.15, -0.1) is 0 Å². The molecular weight excluding hydrogens is 382 g/mol. The zero-order valence-electron chi connectivity index (χ0n) is 17.1. The molecule has 1 amide bonds. The van der Waals surface area contributed by atoms with Crippen molar-refractivity contribution in [2.24, 2.45) is 0 Å². The third-order valence-corrected chi connectivity index (χ3v) is 5.80. The first-order valence-electron chi connectivity index (χ1n) is 9.52. The molecule has 5 nitrogen and oxygen atoms in total. The number of aryl methyl sites for hydroxylation is 3. The molecule has 0 aliphatic carbocycles. The summed E-state index contributed by atoms with van der Waals surface area (Å²) in [5, 5.41) is 3.04. The standard InChI is InChI=1S/C23H25N3O2S/c1-14-9-8-10-15(2)20(14)25-21(27)17(4)29-23-24-16(3)19(22(28)26-23)13-18-11-6-5-7-12-18/h5-12,17H,13H2,1-4H3,(H,25,27)(H,24,26,28). The summed E-state index contributed by atoms with van der Waals surface area (Å²) < 4.78 is 0. The molecule has 1 heterocycles. The van der Waals surface area contributed by atoms with Crippen LogP contribution in [-0.4, -0.2) is 21.1 Å². The Hall–Kier alpha value is -2.86. The lowest BCUT2D eigenvalue weighted by molar-refractivity contribution is -0.115. The third-order valence-electron chi connectivity index (χ3n) is 4.81. The largest absolute Gasteiger partial charge is 0.325 e. The van der Waals surface area contributed by atoms with Gasteiger partial charge in [0.05, 0.1) is 5.25 Å². The van der Waals surface area contributed by atoms with E-state index in [1.165, 1.54) is 11.8 Å². The molecule has 1 unspecified atom stereocenters. The lowest BCUT2D eigenvalue weighted by Gasteiger charge is -2.15. The summed E-state index contributed by atoms with van der Waals surface area (Å²) in [7, 11) is 0. The molecule has 2 N–H and O–H groups in total. The third kappa shape index (κ3) is 5.15. The summed E-state index contributed by atoms with van der Waals surface area (Å²) >= 11 is 1.25. The lowest BCUT2D eigenvalue weighted by Crippen LogP contribution is -2.25. The average Bonchev–Trinajstić information content (AvgIpc) is 2.68. The lowest BCUT2D eigenvalue weighted by atomic mass is 10.1. The second kappa shape index (κ2) is 9.09. The molecule has 3 aromatic rings. The maximum Gasteiger partial charge on any atom is 0.255 e. The zero-order valence-corrected chi connectivity index (χ0v) is 17.9. The minimum absolute atomic E-state index is 0.124. The fraction of sp³-hybridized carbons (Fsp3) is 0.261. The summed E-state index contributed by atoms with van der Waals surface area (Å²) in [4.78, 5) is 32.6. The van der Waals surface area contributed by atoms with Crippen LogP contribution in [0.1, 0.15) is 34.9 Å². The summed E-state index contributed by atoms with van der Waals surface area (Å²) in [6, 6.07) is 15.7. The van der Waals surface area contributed by atoms with Crippen LogP contribution in [0.3, 0.4) is 0 Å². The number of thioether (sulfide) groups is 1. The van der Waals surface area contributed by atoms with Gasteiger partial charge in [-0.3, -0.25) is 9.59 Å². The highest BCUT2D eigenvalue weighted by Crippen LogP contribution is 2.24. The van der Waals surface area contributed by atoms with Crippen molar-refractivity contribution in [1.29, 1.82) is 0 Å². The van der Waals surface area contributed by atoms with Crippen molar-refractivity contribution in [3.8, 4) is 0 Å². The molecule has 0 saturated heterocycles. The van der Waals surface area contributed by atoms with Gasteiger partial charge in [-0.25, -0.2) is 4.98 Å². The van der Waals surface area contributed by atoms with E-state index >= 15 is 0 Å². The van der Waals surface area contributed by atoms with E-state index in [1.54, 1.807) is 6.92 Å². The first kappa shape index (κ1) is 20.9. The smallest absolute Gasteiger partial charge is 0.255 e. The van der Waals surface area contributed by atoms with E-state index < -0.39 is 5.25 Å². The van der Waals surface area contributed by atoms with Crippen molar-refractivity contribution in [3.05, 3.63) is 86.8 Å². The maximum atomic E-state index is 12.6. The van der Waals surface area contributed by atoms with E-state index in [1.807, 2.05) is 69.3 Å². The molecule has 0 aliphatic rings. The van der Waals surface area contributed by atoms with Crippen LogP contribution in [0.15, 0.2) is 58.5 Å². The number of aromatic nitrogens is 2. The van der Waals surface area contributed by atoms with Crippen LogP contribution in [0.4, 0.5) is 5.69 Å². The number of nitrogens with zero attached hydrogens (tertiary/aromatic N) is 1. The molecule has 0 fully saturated rings. The molecule has 0 saturated carbocycles. The van der Waals surface area contributed by atoms with E-state index in [0.29, 0.717) is 22.8 Å². The normalized spacial score (nSPS) is 11.9. The molecule has 0 spiro atoms. The van der Waals surface area contributed by atoms with Gasteiger partial charge in [0.15, 0.2) is 5.16 Å². The second-order valence-corrected chi connectivity index (χ2v) is 8.44. The number of anilines is 1. The molecule has 1 atom stereocenters. The van der Waals surface area contributed by atoms with Crippen LogP contribution in [0.25, 0.3) is 0 Å². The van der Waals surface area contributed by atoms with Crippen molar-refractivity contribution >= 4 is 23.4 Å². The SMILES string of the molecule is Cc1cccc(C)c1NC(=O)C(C)Sc1nc(C)c(Cc2ccccc2)c(=O)[nH]1. The molecule has 6 heteroatoms. The van der Waals surface area contributed by atoms with Crippen LogP contribution in [0.2, 0.25) is 0 Å². The Morgan fingerprint density at radius 3 is 2.34 bits per heavy atom. The minimum Gasteiger partial charge on any atom is -0.325 e. The van der Waals surface area contributed by atoms with Crippen LogP contribution in [0, 0.1) is 20.8 Å². The molecule has 0 radical (unpaired) electrons. The van der Waals surface area contributed by atoms with E-state index in [9.17, 15) is 9.59 Å². The van der Waals surface area contributed by atoms with Crippen molar-refractivity contribution in [1.82, 2.24) is 9.97 Å². The number of para-hydroxylation sites is 1. The molecule has 1 aromatic heterocycles. The van der Waals surface area contributed by atoms with Gasteiger partial charge in [0.25, 0.3) is 5.56 Å². The van der Waals surface area contributed by atoms with E-state index in [0.717, 1.165) is 22.4 Å². The van der Waals surface area contributed by atoms with Gasteiger partial charge in [-0.2, -0.15) is 0 Å². The topological polar surface area (TPSA) is 74.8 Å². The van der Waals surface area contributed by atoms with Gasteiger partial charge in [-0.1, -0.05) is 60.3 Å². The first-order chi connectivity index (χ1) is 13.8. The number of benzene rings is 2. The predicted octanol–water partition coefficient (Wildman–Crippen LogP) is 4.41. The van der Waals surface area contributed by atoms with Gasteiger partial charge < -0.3 is 10.3 Å². The Kier molecular flexibility index (Phi) is 6.54. The number of rotatable bonds is 6. The van der Waals surface area contributed by atoms with Gasteiger partial charge in [-0.05, 0) is 44.4 Å². The Morgan fingerprint density at radius 1 is 1.07 bits per heavy atom. The number of nitrogens with one attached hydrogen (secondary N) is 2. The summed E-state index contributed by atoms with van der Waals surface area (Å²) in [5.41, 5.74) is 5.10. The van der Waals surface area contributed by atoms with Crippen LogP contribution in [-0.2, 0) is 11.2 Å². The quantitative estimate of drug-likeness (QED) is 0.469. The molecule has 0 bridgehead atoms. The van der Waals surface area contributed by atoms with Gasteiger partial charge in [0.1, 0.15) is 0 Å². The van der Waals surface area contributed by atoms with Crippen molar-refractivity contribution in [2.45, 2.75) is 44.5 Å². The average molecular weight is 408 g/mol. The fourth-order valence-electron chi connectivity index (χ4n) is 3.11. The molecular formula is C23H25N3O2S. The monoisotopic (exact) mass is 407 g/mol. The van der Waals surface area contributed by atoms with Crippen molar-refractivity contribution < 1.29 is 4.79 Å². The van der Waals surface area contributed by atoms with Crippen molar-refractivity contribution in [2.75, 3.05) is 5.32 Å². The summed E-state index contributed by atoms with van der Waals surface area (Å²) in [6.07, 6.45) is 0.530. The number of aromatic amines is 1. The number of hydrogen-bond acceptors (Lipinski definition) is 4. The molecule has 0 aliphatic heterocycles. The van der Waals surface area contributed by atoms with Gasteiger partial charge >= 0.3 is 0 Å². The molecule has 2 aromatic carbocycles. The maximum absolute atomic E-state index is 12.6. The first-order valence-corrected chi connectivity index (χ1v) is 10.4. The van der Waals surface area contributed by atoms with E-state index in [-0.39, 0.29) is 11.5 Å². The summed E-state index contributed by atoms with van der Waals surface area (Å²) in [5.74, 6) is -0.124. The molecule has 3 rings (SSSR count). The van der Waals surface area contributed by atoms with E-state index in [2.05, 4.69) is 15.3 Å². The minimum atomic E-state index is -0.406. The van der Waals surface area contributed by atoms with E-state index in [4.69, 9.17) is 0 Å². The highest BCUT2D eigenvalue weighted by Gasteiger charge is 2.19. The number of H-pyrrole nitrogens is 1. The van der Waals surface area contributed by atoms with Crippen molar-refractivity contribution in [3.63, 3.8) is 0 Å². The molecule has 29 heavy (non-hydrogen) atoms. The Labute approximate surface area is 175 Å². The van der Waals surface area contributed by atoms with Crippen LogP contribution >= 0.6 is 11.8 Å². The highest BCUT2D eigenvalue weighted by atomic mass is 32.2. The Balaban J connectivity index is 1.73. The molecule has 150 valence electrons. The summed E-state index contributed by atoms with van der Waals surface area (Å²) in [6.45, 7) is 7.57. The highest BCUT2D eigenvalue weighted by molar-refractivity contribution is 8.00. The number of carbonyl (C=O) groups excluding carboxylic acids is 1. The van der Waals surface area contributed by atoms with Crippen LogP contribution in [0.5, 0.6) is 0 Å². The van der Waals surface area contributed by atoms with Crippen LogP contribution < -0.4 is 10.9 Å². The number of hydrogen-bond donors (Lipinski definition) is 2. The second-order valence-electron chi connectivity index (χ2n) is 7.11.